The molecule has 1 unspecified atom stereocenters. The van der Waals surface area contributed by atoms with Gasteiger partial charge in [0.05, 0.1) is 0 Å². The van der Waals surface area contributed by atoms with Crippen LogP contribution in [0, 0.1) is 0 Å². The molecule has 0 saturated carbocycles. The predicted octanol–water partition coefficient (Wildman–Crippen LogP) is 6.15. The summed E-state index contributed by atoms with van der Waals surface area (Å²) in [6, 6.07) is 15.7. The first-order valence-electron chi connectivity index (χ1n) is 10.2. The highest BCUT2D eigenvalue weighted by atomic mass is 35.5. The van der Waals surface area contributed by atoms with Crippen LogP contribution >= 0.6 is 24.0 Å². The standard InChI is InChI=1S/C24H29ClN2O2.ClH/c1-5-19-20-9-7-8-10-21(20)27(6-2)23(19)24(28)29-22(15-16-26(3)4)17-11-13-18(25)14-12-17;/h7-14,22H,5-6,15-16H2,1-4H3;1H. The van der Waals surface area contributed by atoms with Crippen LogP contribution in [0.4, 0.5) is 0 Å². The number of esters is 1. The molecule has 0 saturated heterocycles. The third kappa shape index (κ3) is 5.18. The van der Waals surface area contributed by atoms with Crippen LogP contribution in [0.5, 0.6) is 0 Å². The zero-order valence-corrected chi connectivity index (χ0v) is 19.6. The molecule has 3 rings (SSSR count). The van der Waals surface area contributed by atoms with E-state index in [9.17, 15) is 4.79 Å². The molecule has 0 radical (unpaired) electrons. The fourth-order valence-corrected chi connectivity index (χ4v) is 3.95. The van der Waals surface area contributed by atoms with Crippen molar-refractivity contribution >= 4 is 40.9 Å². The molecule has 1 heterocycles. The highest BCUT2D eigenvalue weighted by molar-refractivity contribution is 6.30. The number of halogens is 2. The van der Waals surface area contributed by atoms with Crippen LogP contribution in [0.3, 0.4) is 0 Å². The van der Waals surface area contributed by atoms with E-state index in [2.05, 4.69) is 35.4 Å². The number of ether oxygens (including phenoxy) is 1. The Bertz CT molecular complexity index is 940. The Kier molecular flexibility index (Phi) is 8.78. The molecular formula is C24H30Cl2N2O2. The summed E-state index contributed by atoms with van der Waals surface area (Å²) in [7, 11) is 4.04. The van der Waals surface area contributed by atoms with E-state index < -0.39 is 0 Å². The second-order valence-corrected chi connectivity index (χ2v) is 7.92. The number of rotatable bonds is 8. The minimum Gasteiger partial charge on any atom is -0.453 e. The van der Waals surface area contributed by atoms with Crippen molar-refractivity contribution in [2.75, 3.05) is 20.6 Å². The van der Waals surface area contributed by atoms with Gasteiger partial charge in [-0.15, -0.1) is 12.4 Å². The van der Waals surface area contributed by atoms with Gasteiger partial charge in [-0.3, -0.25) is 0 Å². The summed E-state index contributed by atoms with van der Waals surface area (Å²) < 4.78 is 8.17. The Morgan fingerprint density at radius 1 is 1.10 bits per heavy atom. The molecule has 0 aliphatic rings. The van der Waals surface area contributed by atoms with Gasteiger partial charge in [0.25, 0.3) is 0 Å². The number of para-hydroxylation sites is 1. The predicted molar refractivity (Wildman–Crippen MR) is 127 cm³/mol. The molecule has 4 nitrogen and oxygen atoms in total. The van der Waals surface area contributed by atoms with Gasteiger partial charge in [0.1, 0.15) is 11.8 Å². The van der Waals surface area contributed by atoms with Crippen LogP contribution in [0.25, 0.3) is 10.9 Å². The summed E-state index contributed by atoms with van der Waals surface area (Å²) in [6.45, 7) is 5.68. The molecule has 0 spiro atoms. The van der Waals surface area contributed by atoms with E-state index >= 15 is 0 Å². The van der Waals surface area contributed by atoms with E-state index in [0.717, 1.165) is 35.0 Å². The average Bonchev–Trinajstić information content (AvgIpc) is 3.05. The lowest BCUT2D eigenvalue weighted by molar-refractivity contribution is 0.0248. The highest BCUT2D eigenvalue weighted by Crippen LogP contribution is 2.30. The lowest BCUT2D eigenvalue weighted by Crippen LogP contribution is -2.21. The maximum atomic E-state index is 13.4. The third-order valence-electron chi connectivity index (χ3n) is 5.27. The summed E-state index contributed by atoms with van der Waals surface area (Å²) in [4.78, 5) is 15.5. The lowest BCUT2D eigenvalue weighted by atomic mass is 10.1. The number of fused-ring (bicyclic) bond motifs is 1. The van der Waals surface area contributed by atoms with Crippen LogP contribution in [-0.4, -0.2) is 36.1 Å². The number of aromatic nitrogens is 1. The maximum absolute atomic E-state index is 13.4. The largest absolute Gasteiger partial charge is 0.453 e. The Hall–Kier alpha value is -2.01. The third-order valence-corrected chi connectivity index (χ3v) is 5.52. The van der Waals surface area contributed by atoms with Crippen molar-refractivity contribution in [2.24, 2.45) is 0 Å². The summed E-state index contributed by atoms with van der Waals surface area (Å²) in [5.41, 5.74) is 3.76. The van der Waals surface area contributed by atoms with E-state index in [1.807, 2.05) is 50.5 Å². The first-order valence-corrected chi connectivity index (χ1v) is 10.5. The van der Waals surface area contributed by atoms with Gasteiger partial charge in [-0.25, -0.2) is 4.79 Å². The molecule has 3 aromatic rings. The fraction of sp³-hybridized carbons (Fsp3) is 0.375. The SMILES string of the molecule is CCc1c(C(=O)OC(CCN(C)C)c2ccc(Cl)cc2)n(CC)c2ccccc12.Cl. The smallest absolute Gasteiger partial charge is 0.355 e. The second kappa shape index (κ2) is 10.9. The molecule has 1 aromatic heterocycles. The molecule has 0 bridgehead atoms. The first-order chi connectivity index (χ1) is 14.0. The van der Waals surface area contributed by atoms with Crippen LogP contribution in [0.1, 0.15) is 48.0 Å². The van der Waals surface area contributed by atoms with Crippen molar-refractivity contribution in [3.63, 3.8) is 0 Å². The molecule has 2 aromatic carbocycles. The molecule has 0 aliphatic heterocycles. The normalized spacial score (nSPS) is 12.1. The van der Waals surface area contributed by atoms with Crippen molar-refractivity contribution in [1.82, 2.24) is 9.47 Å². The number of aryl methyl sites for hydroxylation is 2. The van der Waals surface area contributed by atoms with Gasteiger partial charge in [-0.05, 0) is 56.8 Å². The van der Waals surface area contributed by atoms with Gasteiger partial charge in [0.2, 0.25) is 0 Å². The molecule has 30 heavy (non-hydrogen) atoms. The van der Waals surface area contributed by atoms with Crippen molar-refractivity contribution in [2.45, 2.75) is 39.3 Å². The van der Waals surface area contributed by atoms with Crippen molar-refractivity contribution in [1.29, 1.82) is 0 Å². The van der Waals surface area contributed by atoms with Crippen LogP contribution in [0.15, 0.2) is 48.5 Å². The topological polar surface area (TPSA) is 34.5 Å². The average molecular weight is 449 g/mol. The summed E-state index contributed by atoms with van der Waals surface area (Å²) in [5, 5.41) is 1.80. The van der Waals surface area contributed by atoms with E-state index in [1.165, 1.54) is 0 Å². The molecule has 162 valence electrons. The summed E-state index contributed by atoms with van der Waals surface area (Å²) in [6.07, 6.45) is 1.17. The molecule has 6 heteroatoms. The Morgan fingerprint density at radius 3 is 2.37 bits per heavy atom. The van der Waals surface area contributed by atoms with Crippen LogP contribution in [0.2, 0.25) is 5.02 Å². The zero-order chi connectivity index (χ0) is 21.0. The summed E-state index contributed by atoms with van der Waals surface area (Å²) in [5.74, 6) is -0.265. The Balaban J connectivity index is 0.00000320. The fourth-order valence-electron chi connectivity index (χ4n) is 3.83. The number of benzene rings is 2. The quantitative estimate of drug-likeness (QED) is 0.387. The summed E-state index contributed by atoms with van der Waals surface area (Å²) >= 11 is 6.05. The molecule has 1 atom stereocenters. The first kappa shape index (κ1) is 24.3. The van der Waals surface area contributed by atoms with Gasteiger partial charge in [-0.2, -0.15) is 0 Å². The maximum Gasteiger partial charge on any atom is 0.355 e. The van der Waals surface area contributed by atoms with Gasteiger partial charge in [-0.1, -0.05) is 48.9 Å². The van der Waals surface area contributed by atoms with Gasteiger partial charge < -0.3 is 14.2 Å². The van der Waals surface area contributed by atoms with E-state index in [-0.39, 0.29) is 24.5 Å². The number of hydrogen-bond acceptors (Lipinski definition) is 3. The molecule has 0 amide bonds. The number of carbonyl (C=O) groups is 1. The monoisotopic (exact) mass is 448 g/mol. The number of nitrogens with zero attached hydrogens (tertiary/aromatic N) is 2. The van der Waals surface area contributed by atoms with Gasteiger partial charge in [0, 0.05) is 35.4 Å². The number of hydrogen-bond donors (Lipinski definition) is 0. The van der Waals surface area contributed by atoms with E-state index in [4.69, 9.17) is 16.3 Å². The molecule has 0 N–H and O–H groups in total. The van der Waals surface area contributed by atoms with Crippen LogP contribution < -0.4 is 0 Å². The van der Waals surface area contributed by atoms with Gasteiger partial charge in [0.15, 0.2) is 0 Å². The Morgan fingerprint density at radius 2 is 1.77 bits per heavy atom. The molecule has 0 fully saturated rings. The minimum absolute atomic E-state index is 0. The molecular weight excluding hydrogens is 419 g/mol. The lowest BCUT2D eigenvalue weighted by Gasteiger charge is -2.21. The van der Waals surface area contributed by atoms with E-state index in [1.54, 1.807) is 0 Å². The Labute approximate surface area is 190 Å². The highest BCUT2D eigenvalue weighted by Gasteiger charge is 2.25. The zero-order valence-electron chi connectivity index (χ0n) is 18.0. The van der Waals surface area contributed by atoms with Crippen molar-refractivity contribution < 1.29 is 9.53 Å². The molecule has 0 aliphatic carbocycles. The van der Waals surface area contributed by atoms with Crippen molar-refractivity contribution in [3.8, 4) is 0 Å². The van der Waals surface area contributed by atoms with Crippen LogP contribution in [-0.2, 0) is 17.7 Å². The van der Waals surface area contributed by atoms with Gasteiger partial charge >= 0.3 is 5.97 Å². The second-order valence-electron chi connectivity index (χ2n) is 7.48. The minimum atomic E-state index is -0.324. The van der Waals surface area contributed by atoms with E-state index in [0.29, 0.717) is 23.7 Å². The van der Waals surface area contributed by atoms with Crippen molar-refractivity contribution in [3.05, 3.63) is 70.4 Å². The number of carbonyl (C=O) groups excluding carboxylic acids is 1.